The summed E-state index contributed by atoms with van der Waals surface area (Å²) in [7, 11) is 0. The van der Waals surface area contributed by atoms with Crippen LogP contribution < -0.4 is 5.73 Å². The Balaban J connectivity index is 2.78. The second-order valence-corrected chi connectivity index (χ2v) is 4.20. The maximum absolute atomic E-state index is 12.9. The van der Waals surface area contributed by atoms with Gasteiger partial charge in [-0.2, -0.15) is 0 Å². The lowest BCUT2D eigenvalue weighted by Crippen LogP contribution is -2.11. The third-order valence-corrected chi connectivity index (χ3v) is 2.71. The number of thioether (sulfide) groups is 1. The average Bonchev–Trinajstić information content (AvgIpc) is 2.11. The molecule has 0 aliphatic carbocycles. The summed E-state index contributed by atoms with van der Waals surface area (Å²) in [5.41, 5.74) is 5.35. The van der Waals surface area contributed by atoms with Crippen molar-refractivity contribution in [3.05, 3.63) is 24.0 Å². The number of hydrogen-bond acceptors (Lipinski definition) is 3. The minimum absolute atomic E-state index is 0.0670. The van der Waals surface area contributed by atoms with Gasteiger partial charge in [-0.3, -0.25) is 4.79 Å². The van der Waals surface area contributed by atoms with Crippen molar-refractivity contribution < 1.29 is 14.3 Å². The molecule has 1 aromatic rings. The second kappa shape index (κ2) is 4.32. The molecule has 0 aromatic heterocycles. The Bertz CT molecular complexity index is 357. The lowest BCUT2D eigenvalue weighted by Gasteiger charge is -2.06. The van der Waals surface area contributed by atoms with Gasteiger partial charge >= 0.3 is 5.97 Å². The topological polar surface area (TPSA) is 63.3 Å². The largest absolute Gasteiger partial charge is 0.480 e. The Morgan fingerprint density at radius 2 is 2.29 bits per heavy atom. The number of carbonyl (C=O) groups is 1. The van der Waals surface area contributed by atoms with Crippen LogP contribution in [-0.2, 0) is 4.79 Å². The second-order valence-electron chi connectivity index (χ2n) is 2.78. The molecule has 0 saturated heterocycles. The van der Waals surface area contributed by atoms with Gasteiger partial charge in [0, 0.05) is 4.90 Å². The highest BCUT2D eigenvalue weighted by Crippen LogP contribution is 2.25. The van der Waals surface area contributed by atoms with E-state index in [0.29, 0.717) is 4.90 Å². The average molecular weight is 215 g/mol. The summed E-state index contributed by atoms with van der Waals surface area (Å²) in [6.07, 6.45) is 0. The SMILES string of the molecule is CC(Sc1ccc(N)c(F)c1)C(=O)O. The molecule has 1 unspecified atom stereocenters. The molecule has 0 spiro atoms. The monoisotopic (exact) mass is 215 g/mol. The molecule has 0 amide bonds. The van der Waals surface area contributed by atoms with E-state index in [1.807, 2.05) is 0 Å². The smallest absolute Gasteiger partial charge is 0.316 e. The first kappa shape index (κ1) is 10.8. The minimum atomic E-state index is -0.924. The van der Waals surface area contributed by atoms with Crippen molar-refractivity contribution in [3.8, 4) is 0 Å². The van der Waals surface area contributed by atoms with Crippen LogP contribution in [0.25, 0.3) is 0 Å². The Kier molecular flexibility index (Phi) is 3.35. The van der Waals surface area contributed by atoms with Crippen LogP contribution in [0.15, 0.2) is 23.1 Å². The van der Waals surface area contributed by atoms with Crippen molar-refractivity contribution in [2.45, 2.75) is 17.1 Å². The van der Waals surface area contributed by atoms with E-state index in [4.69, 9.17) is 10.8 Å². The van der Waals surface area contributed by atoms with Gasteiger partial charge in [0.25, 0.3) is 0 Å². The van der Waals surface area contributed by atoms with Gasteiger partial charge in [-0.1, -0.05) is 0 Å². The van der Waals surface area contributed by atoms with Crippen LogP contribution in [0.3, 0.4) is 0 Å². The van der Waals surface area contributed by atoms with E-state index in [0.717, 1.165) is 11.8 Å². The van der Waals surface area contributed by atoms with E-state index in [-0.39, 0.29) is 5.69 Å². The van der Waals surface area contributed by atoms with E-state index >= 15 is 0 Å². The Labute approximate surface area is 85.1 Å². The summed E-state index contributed by atoms with van der Waals surface area (Å²) in [5.74, 6) is -1.44. The molecule has 5 heteroatoms. The molecule has 0 aliphatic heterocycles. The summed E-state index contributed by atoms with van der Waals surface area (Å²) in [6.45, 7) is 1.54. The van der Waals surface area contributed by atoms with Crippen molar-refractivity contribution in [1.82, 2.24) is 0 Å². The van der Waals surface area contributed by atoms with E-state index in [2.05, 4.69) is 0 Å². The molecule has 0 heterocycles. The zero-order valence-electron chi connectivity index (χ0n) is 7.53. The van der Waals surface area contributed by atoms with Crippen LogP contribution in [0, 0.1) is 5.82 Å². The summed E-state index contributed by atoms with van der Waals surface area (Å²) in [6, 6.07) is 4.26. The summed E-state index contributed by atoms with van der Waals surface area (Å²) >= 11 is 1.08. The first-order valence-corrected chi connectivity index (χ1v) is 4.83. The number of benzene rings is 1. The maximum atomic E-state index is 12.9. The fraction of sp³-hybridized carbons (Fsp3) is 0.222. The van der Waals surface area contributed by atoms with Gasteiger partial charge in [0.2, 0.25) is 0 Å². The Hall–Kier alpha value is -1.23. The molecule has 1 aromatic carbocycles. The Morgan fingerprint density at radius 1 is 1.64 bits per heavy atom. The number of aliphatic carboxylic acids is 1. The van der Waals surface area contributed by atoms with Gasteiger partial charge in [0.1, 0.15) is 11.1 Å². The third kappa shape index (κ3) is 2.63. The quantitative estimate of drug-likeness (QED) is 0.597. The predicted molar refractivity (Wildman–Crippen MR) is 53.8 cm³/mol. The number of hydrogen-bond donors (Lipinski definition) is 2. The molecule has 14 heavy (non-hydrogen) atoms. The summed E-state index contributed by atoms with van der Waals surface area (Å²) in [5, 5.41) is 8.03. The maximum Gasteiger partial charge on any atom is 0.316 e. The summed E-state index contributed by atoms with van der Waals surface area (Å²) in [4.78, 5) is 11.1. The highest BCUT2D eigenvalue weighted by molar-refractivity contribution is 8.00. The number of carboxylic acids is 1. The first-order valence-electron chi connectivity index (χ1n) is 3.95. The van der Waals surface area contributed by atoms with Crippen molar-refractivity contribution in [2.75, 3.05) is 5.73 Å². The Morgan fingerprint density at radius 3 is 2.79 bits per heavy atom. The molecule has 0 aliphatic rings. The number of carboxylic acid groups (broad SMARTS) is 1. The van der Waals surface area contributed by atoms with Crippen LogP contribution in [0.2, 0.25) is 0 Å². The van der Waals surface area contributed by atoms with Crippen LogP contribution in [-0.4, -0.2) is 16.3 Å². The minimum Gasteiger partial charge on any atom is -0.480 e. The van der Waals surface area contributed by atoms with Crippen molar-refractivity contribution in [3.63, 3.8) is 0 Å². The van der Waals surface area contributed by atoms with E-state index in [1.165, 1.54) is 12.1 Å². The van der Waals surface area contributed by atoms with Gasteiger partial charge in [0.05, 0.1) is 5.69 Å². The summed E-state index contributed by atoms with van der Waals surface area (Å²) < 4.78 is 12.9. The first-order chi connectivity index (χ1) is 6.50. The molecule has 1 atom stereocenters. The molecule has 3 N–H and O–H groups in total. The zero-order valence-corrected chi connectivity index (χ0v) is 8.34. The van der Waals surface area contributed by atoms with Crippen molar-refractivity contribution in [1.29, 1.82) is 0 Å². The van der Waals surface area contributed by atoms with Crippen LogP contribution in [0.1, 0.15) is 6.92 Å². The highest BCUT2D eigenvalue weighted by atomic mass is 32.2. The fourth-order valence-corrected chi connectivity index (χ4v) is 1.66. The molecule has 0 bridgehead atoms. The number of halogens is 1. The van der Waals surface area contributed by atoms with Gasteiger partial charge in [-0.25, -0.2) is 4.39 Å². The number of nitrogen functional groups attached to an aromatic ring is 1. The lowest BCUT2D eigenvalue weighted by molar-refractivity contribution is -0.136. The molecule has 1 rings (SSSR count). The fourth-order valence-electron chi connectivity index (χ4n) is 0.836. The van der Waals surface area contributed by atoms with E-state index in [1.54, 1.807) is 13.0 Å². The lowest BCUT2D eigenvalue weighted by atomic mass is 10.3. The standard InChI is InChI=1S/C9H10FNO2S/c1-5(9(12)13)14-6-2-3-8(11)7(10)4-6/h2-5H,11H2,1H3,(H,12,13). The van der Waals surface area contributed by atoms with Gasteiger partial charge in [-0.15, -0.1) is 11.8 Å². The van der Waals surface area contributed by atoms with E-state index < -0.39 is 17.0 Å². The number of rotatable bonds is 3. The van der Waals surface area contributed by atoms with Crippen LogP contribution >= 0.6 is 11.8 Å². The highest BCUT2D eigenvalue weighted by Gasteiger charge is 2.12. The molecule has 0 radical (unpaired) electrons. The molecule has 76 valence electrons. The van der Waals surface area contributed by atoms with Gasteiger partial charge < -0.3 is 10.8 Å². The molecule has 3 nitrogen and oxygen atoms in total. The van der Waals surface area contributed by atoms with Crippen LogP contribution in [0.5, 0.6) is 0 Å². The van der Waals surface area contributed by atoms with E-state index in [9.17, 15) is 9.18 Å². The van der Waals surface area contributed by atoms with Crippen LogP contribution in [0.4, 0.5) is 10.1 Å². The predicted octanol–water partition coefficient (Wildman–Crippen LogP) is 1.97. The molecular formula is C9H10FNO2S. The normalized spacial score (nSPS) is 12.4. The van der Waals surface area contributed by atoms with Crippen molar-refractivity contribution in [2.24, 2.45) is 0 Å². The molecule has 0 fully saturated rings. The van der Waals surface area contributed by atoms with Gasteiger partial charge in [0.15, 0.2) is 0 Å². The van der Waals surface area contributed by atoms with Gasteiger partial charge in [-0.05, 0) is 25.1 Å². The van der Waals surface area contributed by atoms with Crippen molar-refractivity contribution >= 4 is 23.4 Å². The zero-order chi connectivity index (χ0) is 10.7. The number of nitrogens with two attached hydrogens (primary N) is 1. The number of anilines is 1. The molecular weight excluding hydrogens is 205 g/mol. The molecule has 0 saturated carbocycles. The third-order valence-electron chi connectivity index (χ3n) is 1.63.